The molecule has 0 amide bonds. The van der Waals surface area contributed by atoms with Crippen LogP contribution in [0.3, 0.4) is 0 Å². The number of unbranched alkanes of at least 4 members (excludes halogenated alkanes) is 1. The molecule has 0 saturated heterocycles. The normalized spacial score (nSPS) is 12.0. The summed E-state index contributed by atoms with van der Waals surface area (Å²) < 4.78 is 2.14. The first-order valence-corrected chi connectivity index (χ1v) is 11.1. The highest BCUT2D eigenvalue weighted by atomic mass is 16.6. The summed E-state index contributed by atoms with van der Waals surface area (Å²) >= 11 is 0. The molecule has 0 spiro atoms. The Hall–Kier alpha value is -3.67. The quantitative estimate of drug-likeness (QED) is 0.141. The smallest absolute Gasteiger partial charge is 0.269 e. The minimum absolute atomic E-state index is 0.0713. The van der Waals surface area contributed by atoms with E-state index in [0.717, 1.165) is 58.7 Å². The van der Waals surface area contributed by atoms with E-state index >= 15 is 0 Å². The minimum atomic E-state index is -0.384. The van der Waals surface area contributed by atoms with Crippen LogP contribution >= 0.6 is 0 Å². The number of hydrogen-bond donors (Lipinski definition) is 1. The van der Waals surface area contributed by atoms with Gasteiger partial charge in [-0.15, -0.1) is 0 Å². The van der Waals surface area contributed by atoms with Gasteiger partial charge in [0.05, 0.1) is 21.7 Å². The fourth-order valence-electron chi connectivity index (χ4n) is 4.28. The first-order chi connectivity index (χ1) is 15.6. The standard InChI is InChI=1S/C26H27N3O3/c1-3-5-7-18-8-14-25-22(16-18)23-17-19(24(27-30)6-4-2)9-15-26(23)28(25)20-10-12-21(13-11-20)29(31)32/h8-17,30H,3-7H2,1-2H3/b27-24+. The van der Waals surface area contributed by atoms with E-state index in [9.17, 15) is 15.3 Å². The highest BCUT2D eigenvalue weighted by Crippen LogP contribution is 2.34. The van der Waals surface area contributed by atoms with E-state index in [1.54, 1.807) is 12.1 Å². The summed E-state index contributed by atoms with van der Waals surface area (Å²) in [5.74, 6) is 0. The molecule has 6 nitrogen and oxygen atoms in total. The molecule has 6 heteroatoms. The van der Waals surface area contributed by atoms with Gasteiger partial charge in [-0.25, -0.2) is 0 Å². The lowest BCUT2D eigenvalue weighted by Gasteiger charge is -2.09. The number of benzene rings is 3. The predicted octanol–water partition coefficient (Wildman–Crippen LogP) is 7.01. The molecular weight excluding hydrogens is 402 g/mol. The van der Waals surface area contributed by atoms with E-state index in [1.807, 2.05) is 12.1 Å². The van der Waals surface area contributed by atoms with Gasteiger partial charge < -0.3 is 9.77 Å². The van der Waals surface area contributed by atoms with Crippen molar-refractivity contribution in [1.29, 1.82) is 0 Å². The van der Waals surface area contributed by atoms with Crippen molar-refractivity contribution >= 4 is 33.2 Å². The second-order valence-corrected chi connectivity index (χ2v) is 8.09. The van der Waals surface area contributed by atoms with Crippen molar-refractivity contribution in [2.75, 3.05) is 0 Å². The van der Waals surface area contributed by atoms with Crippen molar-refractivity contribution in [3.05, 3.63) is 81.9 Å². The second-order valence-electron chi connectivity index (χ2n) is 8.09. The van der Waals surface area contributed by atoms with Gasteiger partial charge in [-0.05, 0) is 61.2 Å². The van der Waals surface area contributed by atoms with Crippen molar-refractivity contribution in [3.63, 3.8) is 0 Å². The van der Waals surface area contributed by atoms with Crippen molar-refractivity contribution in [2.45, 2.75) is 46.0 Å². The number of hydrogen-bond acceptors (Lipinski definition) is 4. The minimum Gasteiger partial charge on any atom is -0.411 e. The van der Waals surface area contributed by atoms with Crippen LogP contribution in [0.5, 0.6) is 0 Å². The molecule has 0 fully saturated rings. The number of fused-ring (bicyclic) bond motifs is 3. The highest BCUT2D eigenvalue weighted by Gasteiger charge is 2.16. The van der Waals surface area contributed by atoms with Gasteiger partial charge in [0.2, 0.25) is 0 Å². The van der Waals surface area contributed by atoms with Gasteiger partial charge in [0.1, 0.15) is 0 Å². The lowest BCUT2D eigenvalue weighted by molar-refractivity contribution is -0.384. The van der Waals surface area contributed by atoms with Crippen LogP contribution in [0.1, 0.15) is 50.7 Å². The summed E-state index contributed by atoms with van der Waals surface area (Å²) in [7, 11) is 0. The van der Waals surface area contributed by atoms with Crippen molar-refractivity contribution in [2.24, 2.45) is 5.16 Å². The SMILES string of the molecule is CCCCc1ccc2c(c1)c1cc(/C(CCC)=N/O)ccc1n2-c1ccc([N+](=O)[O-])cc1. The Morgan fingerprint density at radius 3 is 2.28 bits per heavy atom. The Morgan fingerprint density at radius 1 is 0.969 bits per heavy atom. The summed E-state index contributed by atoms with van der Waals surface area (Å²) in [4.78, 5) is 10.7. The van der Waals surface area contributed by atoms with Crippen molar-refractivity contribution < 1.29 is 10.1 Å². The van der Waals surface area contributed by atoms with Gasteiger partial charge in [-0.2, -0.15) is 0 Å². The number of nitrogens with zero attached hydrogens (tertiary/aromatic N) is 3. The molecule has 32 heavy (non-hydrogen) atoms. The third-order valence-electron chi connectivity index (χ3n) is 5.91. The van der Waals surface area contributed by atoms with Gasteiger partial charge in [0, 0.05) is 34.2 Å². The molecule has 0 aliphatic rings. The van der Waals surface area contributed by atoms with E-state index < -0.39 is 0 Å². The predicted molar refractivity (Wildman–Crippen MR) is 129 cm³/mol. The van der Waals surface area contributed by atoms with Crippen molar-refractivity contribution in [1.82, 2.24) is 4.57 Å². The Morgan fingerprint density at radius 2 is 1.66 bits per heavy atom. The molecule has 0 radical (unpaired) electrons. The maximum Gasteiger partial charge on any atom is 0.269 e. The molecule has 0 atom stereocenters. The molecule has 1 N–H and O–H groups in total. The molecule has 1 heterocycles. The summed E-state index contributed by atoms with van der Waals surface area (Å²) in [6, 6.07) is 19.3. The van der Waals surface area contributed by atoms with Gasteiger partial charge in [-0.3, -0.25) is 10.1 Å². The largest absolute Gasteiger partial charge is 0.411 e. The Bertz CT molecular complexity index is 1300. The van der Waals surface area contributed by atoms with Crippen LogP contribution in [-0.2, 0) is 6.42 Å². The number of non-ortho nitro benzene ring substituents is 1. The maximum absolute atomic E-state index is 11.1. The molecule has 0 bridgehead atoms. The fourth-order valence-corrected chi connectivity index (χ4v) is 4.28. The van der Waals surface area contributed by atoms with E-state index in [2.05, 4.69) is 47.8 Å². The molecule has 0 unspecified atom stereocenters. The molecule has 4 aromatic rings. The molecule has 1 aromatic heterocycles. The van der Waals surface area contributed by atoms with E-state index in [4.69, 9.17) is 0 Å². The highest BCUT2D eigenvalue weighted by molar-refractivity contribution is 6.12. The zero-order chi connectivity index (χ0) is 22.7. The van der Waals surface area contributed by atoms with Gasteiger partial charge in [-0.1, -0.05) is 44.0 Å². The lowest BCUT2D eigenvalue weighted by atomic mass is 10.0. The summed E-state index contributed by atoms with van der Waals surface area (Å²) in [6.45, 7) is 4.25. The monoisotopic (exact) mass is 429 g/mol. The summed E-state index contributed by atoms with van der Waals surface area (Å²) in [5.41, 5.74) is 5.87. The average molecular weight is 430 g/mol. The Balaban J connectivity index is 1.96. The number of rotatable bonds is 8. The van der Waals surface area contributed by atoms with Crippen LogP contribution in [-0.4, -0.2) is 20.4 Å². The Kier molecular flexibility index (Phi) is 6.21. The maximum atomic E-state index is 11.1. The lowest BCUT2D eigenvalue weighted by Crippen LogP contribution is -2.00. The van der Waals surface area contributed by atoms with Crippen LogP contribution in [0.4, 0.5) is 5.69 Å². The summed E-state index contributed by atoms with van der Waals surface area (Å²) in [5, 5.41) is 26.3. The summed E-state index contributed by atoms with van der Waals surface area (Å²) in [6.07, 6.45) is 4.89. The molecular formula is C26H27N3O3. The van der Waals surface area contributed by atoms with Gasteiger partial charge in [0.15, 0.2) is 0 Å². The number of aromatic nitrogens is 1. The third kappa shape index (κ3) is 3.96. The number of aryl methyl sites for hydroxylation is 1. The molecule has 0 aliphatic heterocycles. The topological polar surface area (TPSA) is 80.7 Å². The zero-order valence-electron chi connectivity index (χ0n) is 18.4. The van der Waals surface area contributed by atoms with E-state index in [1.165, 1.54) is 17.7 Å². The van der Waals surface area contributed by atoms with Crippen LogP contribution in [0.2, 0.25) is 0 Å². The molecule has 0 saturated carbocycles. The van der Waals surface area contributed by atoms with Crippen molar-refractivity contribution in [3.8, 4) is 5.69 Å². The first kappa shape index (κ1) is 21.6. The second kappa shape index (κ2) is 9.22. The molecule has 3 aromatic carbocycles. The van der Waals surface area contributed by atoms with Crippen LogP contribution in [0.15, 0.2) is 65.8 Å². The average Bonchev–Trinajstić information content (AvgIpc) is 3.14. The van der Waals surface area contributed by atoms with Gasteiger partial charge in [0.25, 0.3) is 5.69 Å². The van der Waals surface area contributed by atoms with Crippen LogP contribution in [0, 0.1) is 10.1 Å². The fraction of sp³-hybridized carbons (Fsp3) is 0.269. The van der Waals surface area contributed by atoms with Crippen LogP contribution in [0.25, 0.3) is 27.5 Å². The van der Waals surface area contributed by atoms with Gasteiger partial charge >= 0.3 is 0 Å². The number of nitro benzene ring substituents is 1. The third-order valence-corrected chi connectivity index (χ3v) is 5.91. The number of oxime groups is 1. The van der Waals surface area contributed by atoms with E-state index in [0.29, 0.717) is 12.1 Å². The number of nitro groups is 1. The zero-order valence-corrected chi connectivity index (χ0v) is 18.4. The Labute approximate surface area is 186 Å². The first-order valence-electron chi connectivity index (χ1n) is 11.1. The molecule has 0 aliphatic carbocycles. The van der Waals surface area contributed by atoms with E-state index in [-0.39, 0.29) is 10.6 Å². The molecule has 164 valence electrons. The van der Waals surface area contributed by atoms with Crippen LogP contribution < -0.4 is 0 Å². The molecule has 4 rings (SSSR count).